The molecule has 1 aliphatic heterocycles. The third kappa shape index (κ3) is 4.59. The van der Waals surface area contributed by atoms with Gasteiger partial charge in [-0.25, -0.2) is 0 Å². The maximum Gasteiger partial charge on any atom is 0.119 e. The summed E-state index contributed by atoms with van der Waals surface area (Å²) in [6.45, 7) is 3.29. The molecule has 2 rings (SSSR count). The fourth-order valence-electron chi connectivity index (χ4n) is 2.22. The van der Waals surface area contributed by atoms with Crippen molar-refractivity contribution in [3.63, 3.8) is 0 Å². The summed E-state index contributed by atoms with van der Waals surface area (Å²) in [5.74, 6) is 0.802. The minimum atomic E-state index is -0.410. The van der Waals surface area contributed by atoms with E-state index in [2.05, 4.69) is 20.8 Å². The molecular weight excluding hydrogens is 294 g/mol. The lowest BCUT2D eigenvalue weighted by molar-refractivity contribution is 0.0617. The van der Waals surface area contributed by atoms with Gasteiger partial charge in [0.1, 0.15) is 18.5 Å². The van der Waals surface area contributed by atoms with Crippen LogP contribution in [0, 0.1) is 0 Å². The van der Waals surface area contributed by atoms with Crippen LogP contribution in [0.4, 0.5) is 0 Å². The molecule has 18 heavy (non-hydrogen) atoms. The number of rotatable bonds is 5. The fourth-order valence-corrected chi connectivity index (χ4v) is 2.48. The Morgan fingerprint density at radius 2 is 1.83 bits per heavy atom. The van der Waals surface area contributed by atoms with Crippen molar-refractivity contribution in [3.05, 3.63) is 28.7 Å². The second-order valence-corrected chi connectivity index (χ2v) is 5.70. The molecule has 100 valence electrons. The summed E-state index contributed by atoms with van der Waals surface area (Å²) in [5, 5.41) is 9.94. The highest BCUT2D eigenvalue weighted by atomic mass is 79.9. The molecule has 3 nitrogen and oxygen atoms in total. The summed E-state index contributed by atoms with van der Waals surface area (Å²) in [4.78, 5) is 2.32. The van der Waals surface area contributed by atoms with Crippen LogP contribution in [0.3, 0.4) is 0 Å². The van der Waals surface area contributed by atoms with Crippen LogP contribution < -0.4 is 4.74 Å². The van der Waals surface area contributed by atoms with Gasteiger partial charge in [0.05, 0.1) is 0 Å². The van der Waals surface area contributed by atoms with Crippen LogP contribution in [0.15, 0.2) is 28.7 Å². The molecule has 4 heteroatoms. The Morgan fingerprint density at radius 3 is 2.50 bits per heavy atom. The van der Waals surface area contributed by atoms with Crippen LogP contribution in [0.1, 0.15) is 19.3 Å². The zero-order chi connectivity index (χ0) is 12.8. The van der Waals surface area contributed by atoms with Gasteiger partial charge in [-0.2, -0.15) is 0 Å². The van der Waals surface area contributed by atoms with Crippen molar-refractivity contribution in [3.8, 4) is 5.75 Å². The van der Waals surface area contributed by atoms with Crippen molar-refractivity contribution >= 4 is 15.9 Å². The summed E-state index contributed by atoms with van der Waals surface area (Å²) in [6.07, 6.45) is 3.41. The van der Waals surface area contributed by atoms with Crippen LogP contribution in [0.5, 0.6) is 5.75 Å². The monoisotopic (exact) mass is 313 g/mol. The molecule has 0 unspecified atom stereocenters. The van der Waals surface area contributed by atoms with Gasteiger partial charge >= 0.3 is 0 Å². The second kappa shape index (κ2) is 7.12. The van der Waals surface area contributed by atoms with Crippen molar-refractivity contribution < 1.29 is 9.84 Å². The minimum Gasteiger partial charge on any atom is -0.491 e. The third-order valence-electron chi connectivity index (χ3n) is 3.17. The van der Waals surface area contributed by atoms with E-state index in [1.54, 1.807) is 0 Å². The van der Waals surface area contributed by atoms with Crippen LogP contribution in [-0.4, -0.2) is 42.4 Å². The number of β-amino-alcohol motifs (C(OH)–C–C–N with tert-alkyl or cyclic N) is 1. The standard InChI is InChI=1S/C14H20BrNO2/c15-12-4-6-14(7-5-12)18-11-13(17)10-16-8-2-1-3-9-16/h4-7,13,17H,1-3,8-11H2/t13-/m0/s1. The molecular formula is C14H20BrNO2. The van der Waals surface area contributed by atoms with Crippen molar-refractivity contribution in [2.75, 3.05) is 26.2 Å². The van der Waals surface area contributed by atoms with Crippen molar-refractivity contribution in [2.45, 2.75) is 25.4 Å². The Balaban J connectivity index is 1.70. The summed E-state index contributed by atoms with van der Waals surface area (Å²) in [5.41, 5.74) is 0. The quantitative estimate of drug-likeness (QED) is 0.907. The molecule has 1 aromatic rings. The zero-order valence-electron chi connectivity index (χ0n) is 10.5. The molecule has 1 saturated heterocycles. The number of hydrogen-bond acceptors (Lipinski definition) is 3. The number of ether oxygens (including phenoxy) is 1. The van der Waals surface area contributed by atoms with Crippen LogP contribution in [0.25, 0.3) is 0 Å². The van der Waals surface area contributed by atoms with E-state index in [0.717, 1.165) is 29.9 Å². The fraction of sp³-hybridized carbons (Fsp3) is 0.571. The first kappa shape index (κ1) is 13.8. The molecule has 0 spiro atoms. The normalized spacial score (nSPS) is 18.6. The number of hydrogen-bond donors (Lipinski definition) is 1. The van der Waals surface area contributed by atoms with Crippen LogP contribution >= 0.6 is 15.9 Å². The SMILES string of the molecule is O[C@H](COc1ccc(Br)cc1)CN1CCCCC1. The number of halogens is 1. The Kier molecular flexibility index (Phi) is 5.47. The predicted octanol–water partition coefficient (Wildman–Crippen LogP) is 2.67. The molecule has 0 bridgehead atoms. The highest BCUT2D eigenvalue weighted by molar-refractivity contribution is 9.10. The van der Waals surface area contributed by atoms with Gasteiger partial charge in [0.25, 0.3) is 0 Å². The van der Waals surface area contributed by atoms with Gasteiger partial charge in [-0.15, -0.1) is 0 Å². The van der Waals surface area contributed by atoms with E-state index in [1.807, 2.05) is 24.3 Å². The highest BCUT2D eigenvalue weighted by Gasteiger charge is 2.14. The zero-order valence-corrected chi connectivity index (χ0v) is 12.1. The largest absolute Gasteiger partial charge is 0.491 e. The van der Waals surface area contributed by atoms with Gasteiger partial charge in [0.2, 0.25) is 0 Å². The van der Waals surface area contributed by atoms with Crippen LogP contribution in [-0.2, 0) is 0 Å². The van der Waals surface area contributed by atoms with Gasteiger partial charge in [0.15, 0.2) is 0 Å². The summed E-state index contributed by atoms with van der Waals surface area (Å²) < 4.78 is 6.60. The van der Waals surface area contributed by atoms with E-state index in [1.165, 1.54) is 19.3 Å². The Hall–Kier alpha value is -0.580. The van der Waals surface area contributed by atoms with E-state index < -0.39 is 6.10 Å². The van der Waals surface area contributed by atoms with Crippen molar-refractivity contribution in [1.29, 1.82) is 0 Å². The molecule has 0 aromatic heterocycles. The molecule has 1 aromatic carbocycles. The molecule has 1 heterocycles. The van der Waals surface area contributed by atoms with Gasteiger partial charge < -0.3 is 14.7 Å². The highest BCUT2D eigenvalue weighted by Crippen LogP contribution is 2.16. The Labute approximate surface area is 117 Å². The number of benzene rings is 1. The lowest BCUT2D eigenvalue weighted by atomic mass is 10.1. The second-order valence-electron chi connectivity index (χ2n) is 4.78. The van der Waals surface area contributed by atoms with E-state index in [4.69, 9.17) is 4.74 Å². The van der Waals surface area contributed by atoms with Crippen LogP contribution in [0.2, 0.25) is 0 Å². The number of aliphatic hydroxyl groups excluding tert-OH is 1. The lowest BCUT2D eigenvalue weighted by Crippen LogP contribution is -2.38. The summed E-state index contributed by atoms with van der Waals surface area (Å²) >= 11 is 3.38. The molecule has 1 aliphatic rings. The third-order valence-corrected chi connectivity index (χ3v) is 3.70. The maximum atomic E-state index is 9.94. The Bertz CT molecular complexity index is 349. The topological polar surface area (TPSA) is 32.7 Å². The Morgan fingerprint density at radius 1 is 1.17 bits per heavy atom. The molecule has 1 atom stereocenters. The van der Waals surface area contributed by atoms with Crippen molar-refractivity contribution in [2.24, 2.45) is 0 Å². The van der Waals surface area contributed by atoms with E-state index in [0.29, 0.717) is 6.61 Å². The summed E-state index contributed by atoms with van der Waals surface area (Å²) in [6, 6.07) is 7.67. The number of likely N-dealkylation sites (tertiary alicyclic amines) is 1. The molecule has 1 fully saturated rings. The first-order valence-electron chi connectivity index (χ1n) is 6.53. The van der Waals surface area contributed by atoms with Gasteiger partial charge in [0, 0.05) is 11.0 Å². The van der Waals surface area contributed by atoms with Gasteiger partial charge in [-0.05, 0) is 50.2 Å². The first-order valence-corrected chi connectivity index (χ1v) is 7.32. The minimum absolute atomic E-state index is 0.359. The van der Waals surface area contributed by atoms with Gasteiger partial charge in [-0.1, -0.05) is 22.4 Å². The molecule has 1 N–H and O–H groups in total. The molecule has 0 saturated carbocycles. The first-order chi connectivity index (χ1) is 8.74. The molecule has 0 radical (unpaired) electrons. The molecule has 0 amide bonds. The van der Waals surface area contributed by atoms with E-state index in [-0.39, 0.29) is 0 Å². The number of aliphatic hydroxyl groups is 1. The van der Waals surface area contributed by atoms with E-state index >= 15 is 0 Å². The number of nitrogens with zero attached hydrogens (tertiary/aromatic N) is 1. The average Bonchev–Trinajstić information content (AvgIpc) is 2.39. The predicted molar refractivity (Wildman–Crippen MR) is 75.9 cm³/mol. The average molecular weight is 314 g/mol. The smallest absolute Gasteiger partial charge is 0.119 e. The lowest BCUT2D eigenvalue weighted by Gasteiger charge is -2.28. The summed E-state index contributed by atoms with van der Waals surface area (Å²) in [7, 11) is 0. The molecule has 0 aliphatic carbocycles. The van der Waals surface area contributed by atoms with Gasteiger partial charge in [-0.3, -0.25) is 0 Å². The number of piperidine rings is 1. The van der Waals surface area contributed by atoms with Crippen molar-refractivity contribution in [1.82, 2.24) is 4.90 Å². The maximum absolute atomic E-state index is 9.94. The van der Waals surface area contributed by atoms with E-state index in [9.17, 15) is 5.11 Å².